The number of carbonyl (C=O) groups is 2. The number of aliphatic carboxylic acids is 1. The topological polar surface area (TPSA) is 78.4 Å². The second-order valence-electron chi connectivity index (χ2n) is 5.04. The number of urea groups is 1. The molecule has 0 saturated carbocycles. The zero-order valence-electron chi connectivity index (χ0n) is 11.5. The third-order valence-corrected chi connectivity index (χ3v) is 4.70. The predicted octanol–water partition coefficient (Wildman–Crippen LogP) is 2.54. The average Bonchev–Trinajstić information content (AvgIpc) is 2.88. The summed E-state index contributed by atoms with van der Waals surface area (Å²) in [4.78, 5) is 24.1. The van der Waals surface area contributed by atoms with E-state index in [-0.39, 0.29) is 18.6 Å². The second-order valence-corrected chi connectivity index (χ2v) is 6.04. The fourth-order valence-electron chi connectivity index (χ4n) is 2.47. The summed E-state index contributed by atoms with van der Waals surface area (Å²) in [5, 5.41) is 16.6. The van der Waals surface area contributed by atoms with Gasteiger partial charge in [0.15, 0.2) is 0 Å². The van der Waals surface area contributed by atoms with Crippen molar-refractivity contribution in [2.24, 2.45) is 5.92 Å². The highest BCUT2D eigenvalue weighted by molar-refractivity contribution is 7.10. The van der Waals surface area contributed by atoms with Crippen LogP contribution in [0.3, 0.4) is 0 Å². The van der Waals surface area contributed by atoms with Crippen LogP contribution in [0.15, 0.2) is 11.4 Å². The van der Waals surface area contributed by atoms with Crippen LogP contribution in [-0.4, -0.2) is 23.7 Å². The summed E-state index contributed by atoms with van der Waals surface area (Å²) in [5.41, 5.74) is 1.21. The van der Waals surface area contributed by atoms with Gasteiger partial charge in [-0.15, -0.1) is 11.3 Å². The lowest BCUT2D eigenvalue weighted by atomic mass is 9.94. The largest absolute Gasteiger partial charge is 0.481 e. The highest BCUT2D eigenvalue weighted by Crippen LogP contribution is 2.33. The van der Waals surface area contributed by atoms with Gasteiger partial charge in [0.25, 0.3) is 0 Å². The standard InChI is InChI=1S/C14H20N2O3S/c1-2-9(13(17)18)8-15-14(19)16-11-4-3-5-12-10(11)6-7-20-12/h6-7,9,11H,2-5,8H2,1H3,(H,17,18)(H2,15,16,19). The molecular formula is C14H20N2O3S. The van der Waals surface area contributed by atoms with Crippen LogP contribution >= 0.6 is 11.3 Å². The summed E-state index contributed by atoms with van der Waals surface area (Å²) in [6.45, 7) is 1.97. The first-order valence-electron chi connectivity index (χ1n) is 6.95. The summed E-state index contributed by atoms with van der Waals surface area (Å²) < 4.78 is 0. The van der Waals surface area contributed by atoms with E-state index in [0.29, 0.717) is 6.42 Å². The second kappa shape index (κ2) is 6.74. The number of hydrogen-bond donors (Lipinski definition) is 3. The van der Waals surface area contributed by atoms with Crippen molar-refractivity contribution in [2.45, 2.75) is 38.6 Å². The summed E-state index contributed by atoms with van der Waals surface area (Å²) in [5.74, 6) is -1.39. The number of carbonyl (C=O) groups excluding carboxylic acids is 1. The summed E-state index contributed by atoms with van der Waals surface area (Å²) in [6, 6.07) is 1.83. The molecule has 0 radical (unpaired) electrons. The van der Waals surface area contributed by atoms with Crippen molar-refractivity contribution in [3.63, 3.8) is 0 Å². The normalized spacial score (nSPS) is 18.9. The third-order valence-electron chi connectivity index (χ3n) is 3.71. The van der Waals surface area contributed by atoms with Gasteiger partial charge in [-0.2, -0.15) is 0 Å². The van der Waals surface area contributed by atoms with Crippen molar-refractivity contribution in [1.82, 2.24) is 10.6 Å². The summed E-state index contributed by atoms with van der Waals surface area (Å²) in [7, 11) is 0. The SMILES string of the molecule is CCC(CNC(=O)NC1CCCc2sccc21)C(=O)O. The van der Waals surface area contributed by atoms with Crippen LogP contribution < -0.4 is 10.6 Å². The van der Waals surface area contributed by atoms with Gasteiger partial charge < -0.3 is 15.7 Å². The fraction of sp³-hybridized carbons (Fsp3) is 0.571. The van der Waals surface area contributed by atoms with E-state index in [1.807, 2.05) is 0 Å². The Kier molecular flexibility index (Phi) is 5.00. The molecule has 1 aromatic heterocycles. The number of thiophene rings is 1. The Labute approximate surface area is 122 Å². The number of rotatable bonds is 5. The van der Waals surface area contributed by atoms with Gasteiger partial charge in [0, 0.05) is 11.4 Å². The minimum atomic E-state index is -0.870. The van der Waals surface area contributed by atoms with Crippen molar-refractivity contribution in [2.75, 3.05) is 6.54 Å². The molecule has 0 spiro atoms. The van der Waals surface area contributed by atoms with Crippen molar-refractivity contribution in [3.05, 3.63) is 21.9 Å². The zero-order chi connectivity index (χ0) is 14.5. The molecule has 20 heavy (non-hydrogen) atoms. The molecule has 1 aliphatic rings. The first-order chi connectivity index (χ1) is 9.61. The van der Waals surface area contributed by atoms with E-state index in [1.54, 1.807) is 18.3 Å². The lowest BCUT2D eigenvalue weighted by molar-refractivity contribution is -0.141. The van der Waals surface area contributed by atoms with Crippen LogP contribution in [0, 0.1) is 5.92 Å². The molecule has 0 aromatic carbocycles. The Hall–Kier alpha value is -1.56. The maximum absolute atomic E-state index is 11.9. The van der Waals surface area contributed by atoms with E-state index in [0.717, 1.165) is 19.3 Å². The van der Waals surface area contributed by atoms with Crippen LogP contribution in [0.5, 0.6) is 0 Å². The van der Waals surface area contributed by atoms with Gasteiger partial charge in [0.2, 0.25) is 0 Å². The van der Waals surface area contributed by atoms with Crippen molar-refractivity contribution < 1.29 is 14.7 Å². The molecule has 0 saturated heterocycles. The first kappa shape index (κ1) is 14.8. The average molecular weight is 296 g/mol. The van der Waals surface area contributed by atoms with Crippen LogP contribution in [0.25, 0.3) is 0 Å². The van der Waals surface area contributed by atoms with E-state index in [9.17, 15) is 9.59 Å². The van der Waals surface area contributed by atoms with Gasteiger partial charge in [0.1, 0.15) is 0 Å². The maximum atomic E-state index is 11.9. The first-order valence-corrected chi connectivity index (χ1v) is 7.83. The van der Waals surface area contributed by atoms with Crippen LogP contribution in [0.4, 0.5) is 4.79 Å². The van der Waals surface area contributed by atoms with Gasteiger partial charge in [-0.05, 0) is 42.7 Å². The van der Waals surface area contributed by atoms with Crippen molar-refractivity contribution in [1.29, 1.82) is 0 Å². The Bertz CT molecular complexity index is 487. The van der Waals surface area contributed by atoms with Crippen LogP contribution in [-0.2, 0) is 11.2 Å². The number of carboxylic acids is 1. The number of nitrogens with one attached hydrogen (secondary N) is 2. The zero-order valence-corrected chi connectivity index (χ0v) is 12.3. The summed E-state index contributed by atoms with van der Waals surface area (Å²) in [6.07, 6.45) is 3.61. The number of hydrogen-bond acceptors (Lipinski definition) is 3. The van der Waals surface area contributed by atoms with E-state index in [2.05, 4.69) is 22.1 Å². The van der Waals surface area contributed by atoms with Gasteiger partial charge >= 0.3 is 12.0 Å². The van der Waals surface area contributed by atoms with Crippen molar-refractivity contribution in [3.8, 4) is 0 Å². The molecule has 3 N–H and O–H groups in total. The van der Waals surface area contributed by atoms with Gasteiger partial charge in [0.05, 0.1) is 12.0 Å². The molecule has 5 nitrogen and oxygen atoms in total. The molecule has 0 bridgehead atoms. The smallest absolute Gasteiger partial charge is 0.315 e. The fourth-order valence-corrected chi connectivity index (χ4v) is 3.46. The minimum Gasteiger partial charge on any atom is -0.481 e. The Morgan fingerprint density at radius 3 is 3.05 bits per heavy atom. The lowest BCUT2D eigenvalue weighted by Gasteiger charge is -2.24. The molecule has 0 fully saturated rings. The maximum Gasteiger partial charge on any atom is 0.315 e. The van der Waals surface area contributed by atoms with Gasteiger partial charge in [-0.3, -0.25) is 4.79 Å². The molecule has 110 valence electrons. The molecule has 2 amide bonds. The quantitative estimate of drug-likeness (QED) is 0.781. The Morgan fingerprint density at radius 2 is 2.35 bits per heavy atom. The van der Waals surface area contributed by atoms with E-state index in [1.165, 1.54) is 10.4 Å². The lowest BCUT2D eigenvalue weighted by Crippen LogP contribution is -2.41. The minimum absolute atomic E-state index is 0.0508. The highest BCUT2D eigenvalue weighted by atomic mass is 32.1. The highest BCUT2D eigenvalue weighted by Gasteiger charge is 2.23. The van der Waals surface area contributed by atoms with Crippen molar-refractivity contribution >= 4 is 23.3 Å². The number of carboxylic acid groups (broad SMARTS) is 1. The number of amides is 2. The third kappa shape index (κ3) is 3.50. The molecule has 0 aliphatic heterocycles. The van der Waals surface area contributed by atoms with Crippen LogP contribution in [0.2, 0.25) is 0 Å². The van der Waals surface area contributed by atoms with E-state index in [4.69, 9.17) is 5.11 Å². The molecule has 2 atom stereocenters. The molecule has 1 aromatic rings. The molecule has 1 aliphatic carbocycles. The number of aryl methyl sites for hydroxylation is 1. The Balaban J connectivity index is 1.86. The molecule has 2 unspecified atom stereocenters. The van der Waals surface area contributed by atoms with E-state index >= 15 is 0 Å². The monoisotopic (exact) mass is 296 g/mol. The molecule has 1 heterocycles. The van der Waals surface area contributed by atoms with Gasteiger partial charge in [-0.25, -0.2) is 4.79 Å². The number of fused-ring (bicyclic) bond motifs is 1. The van der Waals surface area contributed by atoms with Crippen LogP contribution in [0.1, 0.15) is 42.7 Å². The molecule has 2 rings (SSSR count). The molecular weight excluding hydrogens is 276 g/mol. The van der Waals surface area contributed by atoms with E-state index < -0.39 is 11.9 Å². The molecule has 6 heteroatoms. The predicted molar refractivity (Wildman–Crippen MR) is 77.9 cm³/mol. The summed E-state index contributed by atoms with van der Waals surface area (Å²) >= 11 is 1.73. The van der Waals surface area contributed by atoms with Gasteiger partial charge in [-0.1, -0.05) is 6.92 Å². The Morgan fingerprint density at radius 1 is 1.55 bits per heavy atom.